The number of halogens is 1. The minimum atomic E-state index is -0.719. The number of carboxylic acid groups (broad SMARTS) is 1. The second kappa shape index (κ2) is 5.87. The average Bonchev–Trinajstić information content (AvgIpc) is 2.19. The fraction of sp³-hybridized carbons (Fsp3) is 0.533. The molecule has 0 aromatic heterocycles. The van der Waals surface area contributed by atoms with Crippen molar-refractivity contribution in [1.29, 1.82) is 0 Å². The molecule has 1 N–H and O–H groups in total. The fourth-order valence-electron chi connectivity index (χ4n) is 2.08. The Morgan fingerprint density at radius 1 is 1.28 bits per heavy atom. The molecular weight excluding hydrogens is 292 g/mol. The number of hydrogen-bond donors (Lipinski definition) is 1. The third-order valence-electron chi connectivity index (χ3n) is 3.32. The molecule has 0 radical (unpaired) electrons. The molecule has 0 aliphatic rings. The van der Waals surface area contributed by atoms with Crippen molar-refractivity contribution in [2.45, 2.75) is 47.0 Å². The van der Waals surface area contributed by atoms with Crippen molar-refractivity contribution in [3.8, 4) is 0 Å². The van der Waals surface area contributed by atoms with Crippen molar-refractivity contribution in [1.82, 2.24) is 0 Å². The molecule has 1 rings (SSSR count). The maximum absolute atomic E-state index is 10.8. The van der Waals surface area contributed by atoms with Gasteiger partial charge in [-0.3, -0.25) is 4.79 Å². The Balaban J connectivity index is 2.74. The summed E-state index contributed by atoms with van der Waals surface area (Å²) in [6, 6.07) is 4.32. The van der Waals surface area contributed by atoms with Gasteiger partial charge in [0.1, 0.15) is 0 Å². The Bertz CT molecular complexity index is 450. The molecule has 100 valence electrons. The first kappa shape index (κ1) is 15.2. The first-order valence-corrected chi connectivity index (χ1v) is 6.98. The smallest absolute Gasteiger partial charge is 0.303 e. The predicted molar refractivity (Wildman–Crippen MR) is 78.0 cm³/mol. The lowest BCUT2D eigenvalue weighted by Gasteiger charge is -2.23. The van der Waals surface area contributed by atoms with Crippen LogP contribution < -0.4 is 0 Å². The number of aliphatic carboxylic acids is 1. The molecule has 0 amide bonds. The zero-order chi connectivity index (χ0) is 13.9. The third-order valence-corrected chi connectivity index (χ3v) is 4.17. The summed E-state index contributed by atoms with van der Waals surface area (Å²) in [5, 5.41) is 8.88. The van der Waals surface area contributed by atoms with Gasteiger partial charge in [-0.2, -0.15) is 0 Å². The summed E-state index contributed by atoms with van der Waals surface area (Å²) in [5.74, 6) is -0.719. The second-order valence-electron chi connectivity index (χ2n) is 5.76. The minimum Gasteiger partial charge on any atom is -0.481 e. The Morgan fingerprint density at radius 3 is 2.44 bits per heavy atom. The Hall–Kier alpha value is -0.830. The normalized spacial score (nSPS) is 11.6. The molecule has 18 heavy (non-hydrogen) atoms. The van der Waals surface area contributed by atoms with Gasteiger partial charge in [-0.15, -0.1) is 0 Å². The monoisotopic (exact) mass is 312 g/mol. The van der Waals surface area contributed by atoms with Crippen LogP contribution in [0.15, 0.2) is 16.6 Å². The van der Waals surface area contributed by atoms with Crippen LogP contribution in [0.5, 0.6) is 0 Å². The van der Waals surface area contributed by atoms with E-state index >= 15 is 0 Å². The molecule has 0 heterocycles. The summed E-state index contributed by atoms with van der Waals surface area (Å²) in [4.78, 5) is 10.8. The van der Waals surface area contributed by atoms with Crippen molar-refractivity contribution < 1.29 is 9.90 Å². The molecule has 0 fully saturated rings. The van der Waals surface area contributed by atoms with Crippen LogP contribution in [0.4, 0.5) is 0 Å². The minimum absolute atomic E-state index is 0.154. The highest BCUT2D eigenvalue weighted by Gasteiger charge is 2.21. The van der Waals surface area contributed by atoms with Crippen LogP contribution in [0.1, 0.15) is 43.4 Å². The van der Waals surface area contributed by atoms with Crippen molar-refractivity contribution in [2.24, 2.45) is 5.41 Å². The first-order chi connectivity index (χ1) is 8.21. The summed E-state index contributed by atoms with van der Waals surface area (Å²) in [5.41, 5.74) is 3.65. The van der Waals surface area contributed by atoms with Crippen LogP contribution in [0.3, 0.4) is 0 Å². The lowest BCUT2D eigenvalue weighted by atomic mass is 9.82. The van der Waals surface area contributed by atoms with Crippen molar-refractivity contribution in [3.05, 3.63) is 33.3 Å². The van der Waals surface area contributed by atoms with Crippen molar-refractivity contribution >= 4 is 21.9 Å². The molecule has 0 unspecified atom stereocenters. The highest BCUT2D eigenvalue weighted by atomic mass is 79.9. The Labute approximate surface area is 118 Å². The van der Waals surface area contributed by atoms with E-state index in [2.05, 4.69) is 41.9 Å². The van der Waals surface area contributed by atoms with Gasteiger partial charge in [0.05, 0.1) is 6.42 Å². The summed E-state index contributed by atoms with van der Waals surface area (Å²) < 4.78 is 1.13. The number of hydrogen-bond acceptors (Lipinski definition) is 1. The van der Waals surface area contributed by atoms with E-state index in [0.29, 0.717) is 0 Å². The van der Waals surface area contributed by atoms with Gasteiger partial charge in [0.15, 0.2) is 0 Å². The van der Waals surface area contributed by atoms with Gasteiger partial charge in [0, 0.05) is 4.47 Å². The summed E-state index contributed by atoms with van der Waals surface area (Å²) in [6.07, 6.45) is 2.04. The van der Waals surface area contributed by atoms with E-state index in [1.807, 2.05) is 13.8 Å². The van der Waals surface area contributed by atoms with Crippen molar-refractivity contribution in [3.63, 3.8) is 0 Å². The van der Waals surface area contributed by atoms with Gasteiger partial charge < -0.3 is 5.11 Å². The lowest BCUT2D eigenvalue weighted by molar-refractivity contribution is -0.139. The number of aryl methyl sites for hydroxylation is 3. The maximum Gasteiger partial charge on any atom is 0.303 e. The third kappa shape index (κ3) is 4.45. The zero-order valence-corrected chi connectivity index (χ0v) is 13.1. The second-order valence-corrected chi connectivity index (χ2v) is 6.62. The Morgan fingerprint density at radius 2 is 1.89 bits per heavy atom. The molecule has 1 aromatic rings. The van der Waals surface area contributed by atoms with E-state index in [0.717, 1.165) is 17.3 Å². The topological polar surface area (TPSA) is 37.3 Å². The average molecular weight is 313 g/mol. The van der Waals surface area contributed by atoms with Gasteiger partial charge in [0.2, 0.25) is 0 Å². The SMILES string of the molecule is Cc1cc(CCC(C)(C)CC(=O)O)c(C)cc1Br. The zero-order valence-electron chi connectivity index (χ0n) is 11.5. The number of benzene rings is 1. The summed E-state index contributed by atoms with van der Waals surface area (Å²) in [6.45, 7) is 8.21. The van der Waals surface area contributed by atoms with Crippen molar-refractivity contribution in [2.75, 3.05) is 0 Å². The largest absolute Gasteiger partial charge is 0.481 e. The molecular formula is C15H21BrO2. The van der Waals surface area contributed by atoms with Gasteiger partial charge in [-0.1, -0.05) is 35.8 Å². The Kier molecular flexibility index (Phi) is 4.97. The van der Waals surface area contributed by atoms with Crippen LogP contribution in [0, 0.1) is 19.3 Å². The molecule has 0 aliphatic heterocycles. The quantitative estimate of drug-likeness (QED) is 0.869. The van der Waals surface area contributed by atoms with Crippen LogP contribution in [0.2, 0.25) is 0 Å². The molecule has 0 bridgehead atoms. The van der Waals surface area contributed by atoms with E-state index in [4.69, 9.17) is 5.11 Å². The van der Waals surface area contributed by atoms with E-state index in [1.165, 1.54) is 16.7 Å². The van der Waals surface area contributed by atoms with Crippen LogP contribution >= 0.6 is 15.9 Å². The number of rotatable bonds is 5. The molecule has 0 aliphatic carbocycles. The van der Waals surface area contributed by atoms with Gasteiger partial charge in [-0.05, 0) is 54.9 Å². The highest BCUT2D eigenvalue weighted by molar-refractivity contribution is 9.10. The summed E-state index contributed by atoms with van der Waals surface area (Å²) >= 11 is 3.53. The van der Waals surface area contributed by atoms with E-state index in [1.54, 1.807) is 0 Å². The highest BCUT2D eigenvalue weighted by Crippen LogP contribution is 2.29. The first-order valence-electron chi connectivity index (χ1n) is 6.19. The molecule has 0 spiro atoms. The molecule has 2 nitrogen and oxygen atoms in total. The molecule has 0 saturated carbocycles. The molecule has 3 heteroatoms. The standard InChI is InChI=1S/C15H21BrO2/c1-10-8-13(16)11(2)7-12(10)5-6-15(3,4)9-14(17)18/h7-8H,5-6,9H2,1-4H3,(H,17,18). The summed E-state index contributed by atoms with van der Waals surface area (Å²) in [7, 11) is 0. The van der Waals surface area contributed by atoms with Gasteiger partial charge >= 0.3 is 5.97 Å². The number of carbonyl (C=O) groups is 1. The molecule has 1 aromatic carbocycles. The van der Waals surface area contributed by atoms with E-state index in [9.17, 15) is 4.79 Å². The van der Waals surface area contributed by atoms with E-state index in [-0.39, 0.29) is 11.8 Å². The van der Waals surface area contributed by atoms with Crippen LogP contribution in [-0.4, -0.2) is 11.1 Å². The lowest BCUT2D eigenvalue weighted by Crippen LogP contribution is -2.17. The molecule has 0 atom stereocenters. The van der Waals surface area contributed by atoms with Crippen LogP contribution in [0.25, 0.3) is 0 Å². The van der Waals surface area contributed by atoms with Gasteiger partial charge in [0.25, 0.3) is 0 Å². The fourth-order valence-corrected chi connectivity index (χ4v) is 2.54. The predicted octanol–water partition coefficient (Wildman–Crippen LogP) is 4.50. The molecule has 0 saturated heterocycles. The van der Waals surface area contributed by atoms with Crippen LogP contribution in [-0.2, 0) is 11.2 Å². The maximum atomic E-state index is 10.8. The number of carboxylic acids is 1. The van der Waals surface area contributed by atoms with E-state index < -0.39 is 5.97 Å². The van der Waals surface area contributed by atoms with Gasteiger partial charge in [-0.25, -0.2) is 0 Å².